The summed E-state index contributed by atoms with van der Waals surface area (Å²) in [4.78, 5) is 7.49. The van der Waals surface area contributed by atoms with Gasteiger partial charge in [-0.25, -0.2) is 4.98 Å². The lowest BCUT2D eigenvalue weighted by Crippen LogP contribution is -1.62. The first-order chi connectivity index (χ1) is 3.97. The van der Waals surface area contributed by atoms with E-state index in [2.05, 4.69) is 19.1 Å². The van der Waals surface area contributed by atoms with E-state index in [1.54, 1.807) is 0 Å². The van der Waals surface area contributed by atoms with Crippen LogP contribution >= 0.6 is 0 Å². The van der Waals surface area contributed by atoms with Gasteiger partial charge >= 0.3 is 0 Å². The Morgan fingerprint density at radius 1 is 1.38 bits per heavy atom. The third-order valence-electron chi connectivity index (χ3n) is 0.878. The van der Waals surface area contributed by atoms with Crippen LogP contribution in [0.3, 0.4) is 0 Å². The maximum Gasteiger partial charge on any atom is 0.300 e. The second-order valence-corrected chi connectivity index (χ2v) is 1.36. The molecule has 0 amide bonds. The maximum atomic E-state index is 4.51. The lowest BCUT2D eigenvalue weighted by Gasteiger charge is -1.66. The van der Waals surface area contributed by atoms with E-state index >= 15 is 0 Å². The minimum atomic E-state index is 0.449. The van der Waals surface area contributed by atoms with Crippen LogP contribution in [-0.4, -0.2) is 9.97 Å². The Hall–Kier alpha value is -1.32. The summed E-state index contributed by atoms with van der Waals surface area (Å²) in [5, 5.41) is 0. The van der Waals surface area contributed by atoms with Crippen molar-refractivity contribution in [1.29, 1.82) is 0 Å². The zero-order valence-corrected chi connectivity index (χ0v) is 3.87. The molecule has 2 aliphatic rings. The van der Waals surface area contributed by atoms with Crippen molar-refractivity contribution in [3.05, 3.63) is 12.6 Å². The molecule has 8 heavy (non-hydrogen) atoms. The van der Waals surface area contributed by atoms with E-state index in [1.807, 2.05) is 0 Å². The van der Waals surface area contributed by atoms with Crippen LogP contribution in [0.15, 0.2) is 21.7 Å². The molecule has 2 aliphatic heterocycles. The normalized spacial score (nSPS) is 10.5. The average molecular weight is 110 g/mol. The van der Waals surface area contributed by atoms with Gasteiger partial charge in [-0.2, -0.15) is 4.98 Å². The molecule has 4 heteroatoms. The predicted octanol–water partition coefficient (Wildman–Crippen LogP) is 0.767. The fourth-order valence-electron chi connectivity index (χ4n) is 0.525. The van der Waals surface area contributed by atoms with Crippen LogP contribution in [0.5, 0.6) is 0 Å². The first-order valence-corrected chi connectivity index (χ1v) is 2.11. The smallest absolute Gasteiger partial charge is 0.294 e. The third kappa shape index (κ3) is 0.294. The lowest BCUT2D eigenvalue weighted by atomic mass is 10.5. The van der Waals surface area contributed by atoms with Gasteiger partial charge in [0.05, 0.1) is 0 Å². The Bertz CT molecular complexity index is 203. The van der Waals surface area contributed by atoms with Gasteiger partial charge in [-0.3, -0.25) is 9.15 Å². The van der Waals surface area contributed by atoms with Crippen molar-refractivity contribution >= 4 is 0 Å². The molecule has 2 rings (SSSR count). The monoisotopic (exact) mass is 110 g/mol. The van der Waals surface area contributed by atoms with E-state index in [9.17, 15) is 0 Å². The summed E-state index contributed by atoms with van der Waals surface area (Å²) in [5.41, 5.74) is 0.657. The zero-order valence-electron chi connectivity index (χ0n) is 3.87. The molecule has 0 saturated carbocycles. The molecule has 0 aliphatic carbocycles. The van der Waals surface area contributed by atoms with Crippen molar-refractivity contribution in [2.45, 2.75) is 0 Å². The van der Waals surface area contributed by atoms with Crippen LogP contribution in [0.1, 0.15) is 0 Å². The standard InChI is InChI=1S/C4H2N2O2/c1-3-4(8-7-1)6-2-5-3/h1-2H. The van der Waals surface area contributed by atoms with Gasteiger partial charge in [0, 0.05) is 0 Å². The molecule has 40 valence electrons. The molecular formula is C4H2N2O2. The average Bonchev–Trinajstić information content (AvgIpc) is 2.15. The van der Waals surface area contributed by atoms with Crippen LogP contribution in [0.4, 0.5) is 0 Å². The van der Waals surface area contributed by atoms with Crippen LogP contribution in [-0.2, 0) is 0 Å². The molecule has 0 atom stereocenters. The number of fused-ring (bicyclic) bond motifs is 1. The summed E-state index contributed by atoms with van der Waals surface area (Å²) in [6.45, 7) is 0. The van der Waals surface area contributed by atoms with E-state index in [0.29, 0.717) is 11.6 Å². The van der Waals surface area contributed by atoms with Crippen LogP contribution in [0.2, 0.25) is 0 Å². The highest BCUT2D eigenvalue weighted by Crippen LogP contribution is 2.15. The Labute approximate surface area is 44.4 Å². The molecule has 0 saturated heterocycles. The lowest BCUT2D eigenvalue weighted by molar-refractivity contribution is 0.0668. The van der Waals surface area contributed by atoms with Crippen LogP contribution < -0.4 is 0 Å². The van der Waals surface area contributed by atoms with Gasteiger partial charge in [-0.05, 0) is 0 Å². The van der Waals surface area contributed by atoms with Crippen molar-refractivity contribution < 1.29 is 9.15 Å². The van der Waals surface area contributed by atoms with Crippen LogP contribution in [0, 0.1) is 0 Å². The van der Waals surface area contributed by atoms with Crippen molar-refractivity contribution in [1.82, 2.24) is 9.97 Å². The molecular weight excluding hydrogens is 108 g/mol. The molecule has 0 aromatic rings. The highest BCUT2D eigenvalue weighted by molar-refractivity contribution is 5.43. The molecule has 0 aromatic carbocycles. The highest BCUT2D eigenvalue weighted by Gasteiger charge is 2.08. The largest absolute Gasteiger partial charge is 0.300 e. The van der Waals surface area contributed by atoms with Gasteiger partial charge in [-0.15, -0.1) is 0 Å². The highest BCUT2D eigenvalue weighted by atomic mass is 17.0. The van der Waals surface area contributed by atoms with Crippen molar-refractivity contribution in [3.63, 3.8) is 0 Å². The van der Waals surface area contributed by atoms with Gasteiger partial charge in [0.15, 0.2) is 12.0 Å². The van der Waals surface area contributed by atoms with E-state index in [1.165, 1.54) is 12.6 Å². The Balaban J connectivity index is 2.84. The fraction of sp³-hybridized carbons (Fsp3) is 0. The minimum Gasteiger partial charge on any atom is -0.294 e. The van der Waals surface area contributed by atoms with Gasteiger partial charge in [-0.1, -0.05) is 0 Å². The van der Waals surface area contributed by atoms with Crippen molar-refractivity contribution in [3.8, 4) is 11.6 Å². The first-order valence-electron chi connectivity index (χ1n) is 2.11. The summed E-state index contributed by atoms with van der Waals surface area (Å²) in [7, 11) is 0. The number of aromatic nitrogens is 2. The van der Waals surface area contributed by atoms with Gasteiger partial charge < -0.3 is 0 Å². The minimum absolute atomic E-state index is 0.449. The Kier molecular flexibility index (Phi) is 0.498. The van der Waals surface area contributed by atoms with E-state index < -0.39 is 0 Å². The predicted molar refractivity (Wildman–Crippen MR) is 23.2 cm³/mol. The van der Waals surface area contributed by atoms with Gasteiger partial charge in [0.25, 0.3) is 5.89 Å². The van der Waals surface area contributed by atoms with E-state index in [-0.39, 0.29) is 0 Å². The number of nitrogens with zero attached hydrogens (tertiary/aromatic N) is 2. The zero-order chi connectivity index (χ0) is 5.40. The summed E-state index contributed by atoms with van der Waals surface area (Å²) < 4.78 is 8.91. The Morgan fingerprint density at radius 3 is 3.25 bits per heavy atom. The summed E-state index contributed by atoms with van der Waals surface area (Å²) in [6.07, 6.45) is 2.83. The Morgan fingerprint density at radius 2 is 2.38 bits per heavy atom. The number of hydrogen-bond donors (Lipinski definition) is 0. The molecule has 2 heterocycles. The van der Waals surface area contributed by atoms with Gasteiger partial charge in [0.1, 0.15) is 6.33 Å². The van der Waals surface area contributed by atoms with E-state index in [4.69, 9.17) is 0 Å². The summed E-state index contributed by atoms with van der Waals surface area (Å²) >= 11 is 0. The topological polar surface area (TPSA) is 52.1 Å². The SMILES string of the molecule is c1nc2cooc-2n1. The van der Waals surface area contributed by atoms with E-state index in [0.717, 1.165) is 0 Å². The molecule has 0 radical (unpaired) electrons. The second kappa shape index (κ2) is 1.09. The molecule has 0 aromatic heterocycles. The first kappa shape index (κ1) is 3.65. The molecule has 4 nitrogen and oxygen atoms in total. The molecule has 0 N–H and O–H groups in total. The molecule has 0 fully saturated rings. The number of imidazole rings is 1. The molecule has 0 spiro atoms. The van der Waals surface area contributed by atoms with Crippen molar-refractivity contribution in [2.24, 2.45) is 0 Å². The summed E-state index contributed by atoms with van der Waals surface area (Å²) in [5.74, 6) is 0.449. The van der Waals surface area contributed by atoms with Gasteiger partial charge in [0.2, 0.25) is 0 Å². The number of hydrogen-bond acceptors (Lipinski definition) is 4. The summed E-state index contributed by atoms with van der Waals surface area (Å²) in [6, 6.07) is 0. The quantitative estimate of drug-likeness (QED) is 0.470. The van der Waals surface area contributed by atoms with Crippen molar-refractivity contribution in [2.75, 3.05) is 0 Å². The fourth-order valence-corrected chi connectivity index (χ4v) is 0.525. The third-order valence-corrected chi connectivity index (χ3v) is 0.878. The van der Waals surface area contributed by atoms with Crippen LogP contribution in [0.25, 0.3) is 11.6 Å². The molecule has 0 unspecified atom stereocenters. The number of rotatable bonds is 0. The molecule has 0 bridgehead atoms. The maximum absolute atomic E-state index is 4.51. The second-order valence-electron chi connectivity index (χ2n) is 1.36.